The number of halogens is 1. The molecule has 1 fully saturated rings. The van der Waals surface area contributed by atoms with Crippen molar-refractivity contribution in [3.8, 4) is 0 Å². The average Bonchev–Trinajstić information content (AvgIpc) is 2.30. The topological polar surface area (TPSA) is 58.2 Å². The van der Waals surface area contributed by atoms with Gasteiger partial charge in [-0.3, -0.25) is 0 Å². The third kappa shape index (κ3) is 3.69. The first-order valence-electron chi connectivity index (χ1n) is 5.18. The molecule has 2 rings (SSSR count). The van der Waals surface area contributed by atoms with Gasteiger partial charge in [0.1, 0.15) is 0 Å². The lowest BCUT2D eigenvalue weighted by molar-refractivity contribution is 0.568. The fourth-order valence-electron chi connectivity index (χ4n) is 1.50. The summed E-state index contributed by atoms with van der Waals surface area (Å²) in [5.74, 6) is 0.924. The Morgan fingerprint density at radius 3 is 2.65 bits per heavy atom. The van der Waals surface area contributed by atoms with Crippen molar-refractivity contribution in [2.24, 2.45) is 0 Å². The maximum Gasteiger partial charge on any atom is 0.241 e. The molecule has 0 radical (unpaired) electrons. The van der Waals surface area contributed by atoms with E-state index in [1.54, 1.807) is 36.0 Å². The van der Waals surface area contributed by atoms with Gasteiger partial charge in [0.05, 0.1) is 10.3 Å². The standard InChI is InChI=1S/C10H13BrN2O2S2/c11-8-1-3-9(4-2-8)17(14,15)13-10-7-12-5-6-16-10/h1-4,10,12-13H,5-7H2. The molecule has 17 heavy (non-hydrogen) atoms. The Bertz CT molecular complexity index is 470. The normalized spacial score (nSPS) is 21.4. The number of rotatable bonds is 3. The van der Waals surface area contributed by atoms with Crippen LogP contribution in [0.4, 0.5) is 0 Å². The van der Waals surface area contributed by atoms with Crippen LogP contribution in [0.25, 0.3) is 0 Å². The maximum absolute atomic E-state index is 12.0. The number of nitrogens with one attached hydrogen (secondary N) is 2. The summed E-state index contributed by atoms with van der Waals surface area (Å²) in [5.41, 5.74) is 0. The molecule has 0 amide bonds. The van der Waals surface area contributed by atoms with Gasteiger partial charge in [-0.2, -0.15) is 4.72 Å². The second kappa shape index (κ2) is 5.71. The van der Waals surface area contributed by atoms with Gasteiger partial charge >= 0.3 is 0 Å². The van der Waals surface area contributed by atoms with E-state index in [2.05, 4.69) is 26.0 Å². The Morgan fingerprint density at radius 2 is 2.06 bits per heavy atom. The van der Waals surface area contributed by atoms with E-state index in [1.165, 1.54) is 0 Å². The summed E-state index contributed by atoms with van der Waals surface area (Å²) in [5, 5.41) is 3.08. The summed E-state index contributed by atoms with van der Waals surface area (Å²) in [6.45, 7) is 1.60. The second-order valence-electron chi connectivity index (χ2n) is 3.64. The fourth-order valence-corrected chi connectivity index (χ4v) is 4.25. The van der Waals surface area contributed by atoms with Crippen LogP contribution in [0.5, 0.6) is 0 Å². The molecule has 94 valence electrons. The zero-order valence-corrected chi connectivity index (χ0v) is 12.2. The van der Waals surface area contributed by atoms with E-state index in [0.29, 0.717) is 11.4 Å². The van der Waals surface area contributed by atoms with Gasteiger partial charge in [0, 0.05) is 23.3 Å². The summed E-state index contributed by atoms with van der Waals surface area (Å²) in [4.78, 5) is 0.298. The Balaban J connectivity index is 2.10. The van der Waals surface area contributed by atoms with Crippen LogP contribution in [0.15, 0.2) is 33.6 Å². The van der Waals surface area contributed by atoms with Gasteiger partial charge in [-0.1, -0.05) is 15.9 Å². The predicted octanol–water partition coefficient (Wildman–Crippen LogP) is 1.39. The van der Waals surface area contributed by atoms with Crippen molar-refractivity contribution in [2.45, 2.75) is 10.3 Å². The SMILES string of the molecule is O=S(=O)(NC1CNCCS1)c1ccc(Br)cc1. The molecule has 2 N–H and O–H groups in total. The lowest BCUT2D eigenvalue weighted by Gasteiger charge is -2.23. The summed E-state index contributed by atoms with van der Waals surface area (Å²) in [6.07, 6.45) is 0. The lowest BCUT2D eigenvalue weighted by atomic mass is 10.4. The molecule has 1 aliphatic rings. The molecule has 0 bridgehead atoms. The molecule has 4 nitrogen and oxygen atoms in total. The Kier molecular flexibility index (Phi) is 4.48. The van der Waals surface area contributed by atoms with Gasteiger partial charge in [0.15, 0.2) is 0 Å². The molecule has 0 aromatic heterocycles. The lowest BCUT2D eigenvalue weighted by Crippen LogP contribution is -2.44. The molecule has 1 unspecified atom stereocenters. The number of benzene rings is 1. The number of sulfonamides is 1. The van der Waals surface area contributed by atoms with Crippen molar-refractivity contribution in [1.29, 1.82) is 0 Å². The first-order valence-corrected chi connectivity index (χ1v) is 8.51. The van der Waals surface area contributed by atoms with Crippen molar-refractivity contribution in [3.63, 3.8) is 0 Å². The molecule has 1 atom stereocenters. The third-order valence-electron chi connectivity index (χ3n) is 2.34. The van der Waals surface area contributed by atoms with Crippen molar-refractivity contribution in [2.75, 3.05) is 18.8 Å². The zero-order chi connectivity index (χ0) is 12.3. The van der Waals surface area contributed by atoms with Crippen LogP contribution in [0.3, 0.4) is 0 Å². The minimum atomic E-state index is -3.41. The largest absolute Gasteiger partial charge is 0.313 e. The van der Waals surface area contributed by atoms with E-state index in [0.717, 1.165) is 16.8 Å². The first-order chi connectivity index (χ1) is 8.08. The minimum absolute atomic E-state index is 0.0857. The van der Waals surface area contributed by atoms with Crippen molar-refractivity contribution in [1.82, 2.24) is 10.0 Å². The highest BCUT2D eigenvalue weighted by Crippen LogP contribution is 2.17. The van der Waals surface area contributed by atoms with Crippen LogP contribution in [-0.4, -0.2) is 32.6 Å². The molecule has 1 aromatic rings. The van der Waals surface area contributed by atoms with Crippen LogP contribution < -0.4 is 10.0 Å². The number of hydrogen-bond acceptors (Lipinski definition) is 4. The van der Waals surface area contributed by atoms with E-state index >= 15 is 0 Å². The molecule has 0 saturated carbocycles. The summed E-state index contributed by atoms with van der Waals surface area (Å²) < 4.78 is 27.6. The van der Waals surface area contributed by atoms with Gasteiger partial charge in [-0.05, 0) is 24.3 Å². The monoisotopic (exact) mass is 336 g/mol. The average molecular weight is 337 g/mol. The van der Waals surface area contributed by atoms with Crippen molar-refractivity contribution >= 4 is 37.7 Å². The summed E-state index contributed by atoms with van der Waals surface area (Å²) in [7, 11) is -3.41. The van der Waals surface area contributed by atoms with E-state index in [1.807, 2.05) is 0 Å². The Morgan fingerprint density at radius 1 is 1.35 bits per heavy atom. The molecule has 1 aliphatic heterocycles. The molecule has 1 aromatic carbocycles. The van der Waals surface area contributed by atoms with E-state index in [-0.39, 0.29) is 5.37 Å². The highest BCUT2D eigenvalue weighted by atomic mass is 79.9. The van der Waals surface area contributed by atoms with Crippen molar-refractivity contribution in [3.05, 3.63) is 28.7 Å². The van der Waals surface area contributed by atoms with Crippen molar-refractivity contribution < 1.29 is 8.42 Å². The minimum Gasteiger partial charge on any atom is -0.313 e. The van der Waals surface area contributed by atoms with Gasteiger partial charge in [-0.15, -0.1) is 11.8 Å². The number of hydrogen-bond donors (Lipinski definition) is 2. The smallest absolute Gasteiger partial charge is 0.241 e. The molecule has 0 aliphatic carbocycles. The Hall–Kier alpha value is -0.0800. The second-order valence-corrected chi connectivity index (χ2v) is 7.58. The van der Waals surface area contributed by atoms with Gasteiger partial charge < -0.3 is 5.32 Å². The van der Waals surface area contributed by atoms with E-state index in [4.69, 9.17) is 0 Å². The molecule has 1 heterocycles. The third-order valence-corrected chi connectivity index (χ3v) is 5.63. The predicted molar refractivity (Wildman–Crippen MR) is 73.6 cm³/mol. The first kappa shape index (κ1) is 13.4. The molecular weight excluding hydrogens is 324 g/mol. The molecular formula is C10H13BrN2O2S2. The van der Waals surface area contributed by atoms with Crippen LogP contribution in [0.2, 0.25) is 0 Å². The summed E-state index contributed by atoms with van der Waals surface area (Å²) >= 11 is 4.91. The zero-order valence-electron chi connectivity index (χ0n) is 9.02. The highest BCUT2D eigenvalue weighted by molar-refractivity contribution is 9.10. The van der Waals surface area contributed by atoms with Crippen LogP contribution in [-0.2, 0) is 10.0 Å². The molecule has 0 spiro atoms. The quantitative estimate of drug-likeness (QED) is 0.875. The molecule has 1 saturated heterocycles. The molecule has 7 heteroatoms. The van der Waals surface area contributed by atoms with Gasteiger partial charge in [0.2, 0.25) is 10.0 Å². The van der Waals surface area contributed by atoms with Crippen LogP contribution in [0, 0.1) is 0 Å². The van der Waals surface area contributed by atoms with Gasteiger partial charge in [-0.25, -0.2) is 8.42 Å². The van der Waals surface area contributed by atoms with Crippen LogP contribution >= 0.6 is 27.7 Å². The van der Waals surface area contributed by atoms with Gasteiger partial charge in [0.25, 0.3) is 0 Å². The highest BCUT2D eigenvalue weighted by Gasteiger charge is 2.21. The Labute approximate surface area is 114 Å². The summed E-state index contributed by atoms with van der Waals surface area (Å²) in [6, 6.07) is 6.63. The fraction of sp³-hybridized carbons (Fsp3) is 0.400. The van der Waals surface area contributed by atoms with Crippen LogP contribution in [0.1, 0.15) is 0 Å². The number of thioether (sulfide) groups is 1. The van der Waals surface area contributed by atoms with E-state index in [9.17, 15) is 8.42 Å². The van der Waals surface area contributed by atoms with E-state index < -0.39 is 10.0 Å². The maximum atomic E-state index is 12.0.